The van der Waals surface area contributed by atoms with Crippen molar-refractivity contribution in [3.05, 3.63) is 364 Å². The molecule has 0 fully saturated rings. The summed E-state index contributed by atoms with van der Waals surface area (Å²) in [4.78, 5) is 20.1. The monoisotopic (exact) mass is 1220 g/mol. The molecule has 18 aromatic rings. The van der Waals surface area contributed by atoms with E-state index in [0.29, 0.717) is 5.82 Å². The van der Waals surface area contributed by atoms with E-state index in [9.17, 15) is 0 Å². The van der Waals surface area contributed by atoms with Gasteiger partial charge in [-0.25, -0.2) is 19.9 Å². The molecule has 0 spiro atoms. The minimum atomic E-state index is 0.715. The van der Waals surface area contributed by atoms with Gasteiger partial charge >= 0.3 is 0 Å². The third-order valence-electron chi connectivity index (χ3n) is 18.3. The Morgan fingerprint density at radius 2 is 0.458 bits per heavy atom. The fourth-order valence-corrected chi connectivity index (χ4v) is 13.6. The zero-order chi connectivity index (χ0) is 63.7. The van der Waals surface area contributed by atoms with E-state index < -0.39 is 0 Å². The van der Waals surface area contributed by atoms with Crippen molar-refractivity contribution in [3.8, 4) is 113 Å². The molecule has 0 bridgehead atoms. The van der Waals surface area contributed by atoms with E-state index in [0.717, 1.165) is 78.7 Å². The molecule has 6 nitrogen and oxygen atoms in total. The molecule has 4 heterocycles. The molecule has 0 saturated heterocycles. The number of aromatic nitrogens is 6. The molecule has 0 aliphatic carbocycles. The fourth-order valence-electron chi connectivity index (χ4n) is 13.6. The highest BCUT2D eigenvalue weighted by Crippen LogP contribution is 2.41. The van der Waals surface area contributed by atoms with Crippen molar-refractivity contribution in [1.29, 1.82) is 0 Å². The maximum atomic E-state index is 5.13. The van der Waals surface area contributed by atoms with E-state index in [4.69, 9.17) is 19.9 Å². The maximum absolute atomic E-state index is 5.13. The van der Waals surface area contributed by atoms with E-state index in [2.05, 4.69) is 312 Å². The average Bonchev–Trinajstić information content (AvgIpc) is 1.59. The highest BCUT2D eigenvalue weighted by Gasteiger charge is 2.19. The summed E-state index contributed by atoms with van der Waals surface area (Å²) in [6.07, 6.45) is 0. The Morgan fingerprint density at radius 1 is 0.167 bits per heavy atom. The number of fused-ring (bicyclic) bond motifs is 7. The predicted molar refractivity (Wildman–Crippen MR) is 399 cm³/mol. The summed E-state index contributed by atoms with van der Waals surface area (Å²) in [5.74, 6) is 1.43. The maximum Gasteiger partial charge on any atom is 0.160 e. The summed E-state index contributed by atoms with van der Waals surface area (Å²) < 4.78 is 4.74. The van der Waals surface area contributed by atoms with Crippen LogP contribution in [0.5, 0.6) is 0 Å². The van der Waals surface area contributed by atoms with Crippen LogP contribution in [0, 0.1) is 0 Å². The van der Waals surface area contributed by atoms with Crippen LogP contribution in [-0.2, 0) is 0 Å². The second kappa shape index (κ2) is 25.0. The van der Waals surface area contributed by atoms with Gasteiger partial charge in [-0.2, -0.15) is 0 Å². The van der Waals surface area contributed by atoms with E-state index in [1.54, 1.807) is 0 Å². The lowest BCUT2D eigenvalue weighted by molar-refractivity contribution is 1.17. The first-order chi connectivity index (χ1) is 47.6. The third kappa shape index (κ3) is 10.8. The minimum absolute atomic E-state index is 0.715. The van der Waals surface area contributed by atoms with Gasteiger partial charge in [0.2, 0.25) is 0 Å². The number of benzene rings is 14. The Hall–Kier alpha value is -12.9. The molecule has 0 saturated carbocycles. The lowest BCUT2D eigenvalue weighted by Crippen LogP contribution is -1.97. The molecule has 0 unspecified atom stereocenters. The number of hydrogen-bond donors (Lipinski definition) is 0. The van der Waals surface area contributed by atoms with Crippen molar-refractivity contribution in [2.45, 2.75) is 0 Å². The topological polar surface area (TPSA) is 61.4 Å². The van der Waals surface area contributed by atoms with Gasteiger partial charge in [0.1, 0.15) is 0 Å². The fraction of sp³-hybridized carbons (Fsp3) is 0. The summed E-state index contributed by atoms with van der Waals surface area (Å²) in [6, 6.07) is 128. The Balaban J connectivity index is 0.000000145. The number of para-hydroxylation sites is 2. The second-order valence-corrected chi connectivity index (χ2v) is 24.1. The van der Waals surface area contributed by atoms with Gasteiger partial charge in [-0.15, -0.1) is 0 Å². The van der Waals surface area contributed by atoms with Gasteiger partial charge in [0.05, 0.1) is 44.8 Å². The first kappa shape index (κ1) is 57.0. The van der Waals surface area contributed by atoms with Crippen LogP contribution in [0.4, 0.5) is 0 Å². The molecule has 0 aliphatic heterocycles. The Labute approximate surface area is 556 Å². The minimum Gasteiger partial charge on any atom is -0.309 e. The van der Waals surface area contributed by atoms with Crippen LogP contribution in [0.2, 0.25) is 0 Å². The molecular weight excluding hydrogens is 1170 g/mol. The van der Waals surface area contributed by atoms with Crippen molar-refractivity contribution < 1.29 is 0 Å². The van der Waals surface area contributed by atoms with Gasteiger partial charge < -0.3 is 9.13 Å². The zero-order valence-electron chi connectivity index (χ0n) is 52.3. The lowest BCUT2D eigenvalue weighted by atomic mass is 9.93. The van der Waals surface area contributed by atoms with Crippen LogP contribution in [0.1, 0.15) is 0 Å². The number of nitrogens with zero attached hydrogens (tertiary/aromatic N) is 6. The average molecular weight is 1230 g/mol. The number of rotatable bonds is 11. The van der Waals surface area contributed by atoms with E-state index in [1.807, 2.05) is 60.7 Å². The first-order valence-electron chi connectivity index (χ1n) is 32.5. The molecule has 0 atom stereocenters. The second-order valence-electron chi connectivity index (χ2n) is 24.1. The van der Waals surface area contributed by atoms with E-state index in [-0.39, 0.29) is 0 Å². The van der Waals surface area contributed by atoms with Crippen LogP contribution in [0.25, 0.3) is 167 Å². The van der Waals surface area contributed by atoms with E-state index >= 15 is 0 Å². The van der Waals surface area contributed by atoms with E-state index in [1.165, 1.54) is 82.4 Å². The molecule has 96 heavy (non-hydrogen) atoms. The van der Waals surface area contributed by atoms with Crippen molar-refractivity contribution in [1.82, 2.24) is 29.1 Å². The molecule has 0 radical (unpaired) electrons. The van der Waals surface area contributed by atoms with Gasteiger partial charge in [-0.3, -0.25) is 0 Å². The van der Waals surface area contributed by atoms with Crippen LogP contribution < -0.4 is 0 Å². The quantitative estimate of drug-likeness (QED) is 0.129. The van der Waals surface area contributed by atoms with Crippen molar-refractivity contribution >= 4 is 54.4 Å². The Kier molecular flexibility index (Phi) is 14.8. The van der Waals surface area contributed by atoms with Crippen LogP contribution in [0.3, 0.4) is 0 Å². The lowest BCUT2D eigenvalue weighted by Gasteiger charge is -2.14. The molecule has 0 N–H and O–H groups in total. The summed E-state index contributed by atoms with van der Waals surface area (Å²) in [5.41, 5.74) is 24.1. The SMILES string of the molecule is c1ccc(-c2cc(-c3ccc(-c4ccc(-n5c6ccccc6c6ccccc65)cc4)c4ccccc34)nc(-c3ccccc3)n2)cc1.c1ccc(-c2ccc3c(c2)c2cc(-c4ccccc4)ccc2n3-c2ccc(-c3cc(-c4ccccc4)nc(-c4ccccc4)n3)cc2)cc1. The normalized spacial score (nSPS) is 11.3. The van der Waals surface area contributed by atoms with Crippen molar-refractivity contribution in [2.24, 2.45) is 0 Å². The zero-order valence-corrected chi connectivity index (χ0v) is 52.3. The smallest absolute Gasteiger partial charge is 0.160 e. The van der Waals surface area contributed by atoms with Gasteiger partial charge in [-0.1, -0.05) is 291 Å². The van der Waals surface area contributed by atoms with Gasteiger partial charge in [0, 0.05) is 66.3 Å². The summed E-state index contributed by atoms with van der Waals surface area (Å²) in [7, 11) is 0. The predicted octanol–water partition coefficient (Wildman–Crippen LogP) is 23.3. The van der Waals surface area contributed by atoms with Crippen molar-refractivity contribution in [2.75, 3.05) is 0 Å². The van der Waals surface area contributed by atoms with Gasteiger partial charge in [0.25, 0.3) is 0 Å². The summed E-state index contributed by atoms with van der Waals surface area (Å²) in [5, 5.41) is 7.35. The third-order valence-corrected chi connectivity index (χ3v) is 18.3. The molecular formula is C90H60N6. The van der Waals surface area contributed by atoms with Crippen LogP contribution in [-0.4, -0.2) is 29.1 Å². The van der Waals surface area contributed by atoms with Crippen molar-refractivity contribution in [3.63, 3.8) is 0 Å². The molecule has 6 heteroatoms. The summed E-state index contributed by atoms with van der Waals surface area (Å²) in [6.45, 7) is 0. The van der Waals surface area contributed by atoms with Crippen LogP contribution >= 0.6 is 0 Å². The molecule has 0 amide bonds. The Morgan fingerprint density at radius 3 is 0.885 bits per heavy atom. The molecule has 4 aromatic heterocycles. The van der Waals surface area contributed by atoms with Gasteiger partial charge in [0.15, 0.2) is 11.6 Å². The first-order valence-corrected chi connectivity index (χ1v) is 32.5. The molecule has 18 rings (SSSR count). The molecule has 450 valence electrons. The highest BCUT2D eigenvalue weighted by atomic mass is 15.0. The standard InChI is InChI=1S/C46H31N3.C44H29N3/c1-5-13-32(14-6-1)37-23-27-44-40(29-37)41-30-38(33-15-7-2-8-16-33)24-28-45(41)49(44)39-25-21-35(22-26-39)43-31-42(34-17-9-3-10-18-34)47-46(48-43)36-19-11-4-12-20-36;1-3-13-31(14-4-1)40-29-41(46-44(45-40)32-15-5-2-6-16-32)37-28-27-34(35-17-7-8-18-36(35)37)30-23-25-33(26-24-30)47-42-21-11-9-19-38(42)39-20-10-12-22-43(39)47/h1-31H;1-29H. The Bertz CT molecular complexity index is 5570. The summed E-state index contributed by atoms with van der Waals surface area (Å²) >= 11 is 0. The van der Waals surface area contributed by atoms with Crippen LogP contribution in [0.15, 0.2) is 364 Å². The molecule has 14 aromatic carbocycles. The highest BCUT2D eigenvalue weighted by molar-refractivity contribution is 6.12. The largest absolute Gasteiger partial charge is 0.309 e. The molecule has 0 aliphatic rings. The van der Waals surface area contributed by atoms with Gasteiger partial charge in [-0.05, 0) is 117 Å². The number of hydrogen-bond acceptors (Lipinski definition) is 4.